The lowest BCUT2D eigenvalue weighted by Gasteiger charge is -2.36. The molecule has 7 nitrogen and oxygen atoms in total. The third kappa shape index (κ3) is 5.75. The van der Waals surface area contributed by atoms with Crippen molar-refractivity contribution in [3.8, 4) is 11.1 Å². The van der Waals surface area contributed by atoms with Gasteiger partial charge in [-0.2, -0.15) is 0 Å². The van der Waals surface area contributed by atoms with E-state index in [1.54, 1.807) is 6.20 Å². The van der Waals surface area contributed by atoms with Crippen molar-refractivity contribution < 1.29 is 9.53 Å². The third-order valence-electron chi connectivity index (χ3n) is 4.85. The molecule has 1 aliphatic rings. The van der Waals surface area contributed by atoms with Crippen LogP contribution in [0.15, 0.2) is 30.6 Å². The molecule has 0 unspecified atom stereocenters. The molecule has 1 aliphatic heterocycles. The van der Waals surface area contributed by atoms with E-state index in [1.807, 2.05) is 64.2 Å². The standard InChI is InChI=1S/C22H30ClN5O2/c1-22(2,3)30-21(29)26-16-7-6-10-28(14-16)18-11-19(23)24-13-17(18)15-8-9-20(25-12-15)27(4)5/h8-9,11-13,16H,6-7,10,14H2,1-5H3,(H,26,29)/t16-/m0/s1. The van der Waals surface area contributed by atoms with Crippen LogP contribution in [0.5, 0.6) is 0 Å². The van der Waals surface area contributed by atoms with E-state index in [-0.39, 0.29) is 12.1 Å². The Morgan fingerprint density at radius 1 is 1.27 bits per heavy atom. The van der Waals surface area contributed by atoms with Gasteiger partial charge in [0.2, 0.25) is 0 Å². The largest absolute Gasteiger partial charge is 0.444 e. The average Bonchev–Trinajstić information content (AvgIpc) is 2.66. The molecule has 8 heteroatoms. The van der Waals surface area contributed by atoms with Crippen LogP contribution < -0.4 is 15.1 Å². The number of amides is 1. The first-order valence-electron chi connectivity index (χ1n) is 10.2. The van der Waals surface area contributed by atoms with Gasteiger partial charge in [-0.3, -0.25) is 0 Å². The maximum absolute atomic E-state index is 12.2. The Kier molecular flexibility index (Phi) is 6.71. The topological polar surface area (TPSA) is 70.6 Å². The first-order chi connectivity index (χ1) is 14.1. The fraction of sp³-hybridized carbons (Fsp3) is 0.500. The summed E-state index contributed by atoms with van der Waals surface area (Å²) in [6.07, 6.45) is 5.12. The summed E-state index contributed by atoms with van der Waals surface area (Å²) in [7, 11) is 3.92. The van der Waals surface area contributed by atoms with Gasteiger partial charge in [0.15, 0.2) is 0 Å². The van der Waals surface area contributed by atoms with Crippen LogP contribution in [0.25, 0.3) is 11.1 Å². The summed E-state index contributed by atoms with van der Waals surface area (Å²) in [5.74, 6) is 0.891. The van der Waals surface area contributed by atoms with Crippen LogP contribution in [-0.2, 0) is 4.74 Å². The highest BCUT2D eigenvalue weighted by molar-refractivity contribution is 6.29. The van der Waals surface area contributed by atoms with Gasteiger partial charge in [-0.25, -0.2) is 14.8 Å². The SMILES string of the molecule is CN(C)c1ccc(-c2cnc(Cl)cc2N2CCC[C@H](NC(=O)OC(C)(C)C)C2)cn1. The van der Waals surface area contributed by atoms with Crippen molar-refractivity contribution in [2.24, 2.45) is 0 Å². The smallest absolute Gasteiger partial charge is 0.407 e. The summed E-state index contributed by atoms with van der Waals surface area (Å²) in [6, 6.07) is 5.91. The Labute approximate surface area is 183 Å². The highest BCUT2D eigenvalue weighted by Gasteiger charge is 2.26. The maximum atomic E-state index is 12.2. The number of piperidine rings is 1. The Morgan fingerprint density at radius 2 is 2.03 bits per heavy atom. The van der Waals surface area contributed by atoms with E-state index in [2.05, 4.69) is 20.2 Å². The number of hydrogen-bond donors (Lipinski definition) is 1. The summed E-state index contributed by atoms with van der Waals surface area (Å²) >= 11 is 6.23. The predicted octanol–water partition coefficient (Wildman–Crippen LogP) is 4.36. The van der Waals surface area contributed by atoms with Crippen molar-refractivity contribution in [3.63, 3.8) is 0 Å². The second-order valence-corrected chi connectivity index (χ2v) is 9.14. The van der Waals surface area contributed by atoms with Crippen molar-refractivity contribution in [2.75, 3.05) is 37.0 Å². The molecule has 0 bridgehead atoms. The second kappa shape index (κ2) is 9.08. The molecule has 162 valence electrons. The van der Waals surface area contributed by atoms with E-state index in [1.165, 1.54) is 0 Å². The minimum Gasteiger partial charge on any atom is -0.444 e. The zero-order chi connectivity index (χ0) is 21.9. The minimum atomic E-state index is -0.518. The Morgan fingerprint density at radius 3 is 2.67 bits per heavy atom. The summed E-state index contributed by atoms with van der Waals surface area (Å²) < 4.78 is 5.41. The number of nitrogens with zero attached hydrogens (tertiary/aromatic N) is 4. The molecule has 1 atom stereocenters. The Balaban J connectivity index is 1.81. The third-order valence-corrected chi connectivity index (χ3v) is 5.06. The Bertz CT molecular complexity index is 880. The van der Waals surface area contributed by atoms with Crippen LogP contribution in [0.4, 0.5) is 16.3 Å². The quantitative estimate of drug-likeness (QED) is 0.725. The van der Waals surface area contributed by atoms with Gasteiger partial charge >= 0.3 is 6.09 Å². The zero-order valence-electron chi connectivity index (χ0n) is 18.3. The number of carbonyl (C=O) groups excluding carboxylic acids is 1. The summed E-state index contributed by atoms with van der Waals surface area (Å²) in [6.45, 7) is 7.14. The number of anilines is 2. The van der Waals surface area contributed by atoms with Gasteiger partial charge in [0.25, 0.3) is 0 Å². The average molecular weight is 432 g/mol. The molecule has 30 heavy (non-hydrogen) atoms. The van der Waals surface area contributed by atoms with Gasteiger partial charge in [0.1, 0.15) is 16.6 Å². The van der Waals surface area contributed by atoms with Crippen molar-refractivity contribution in [1.82, 2.24) is 15.3 Å². The van der Waals surface area contributed by atoms with Gasteiger partial charge in [-0.05, 0) is 51.8 Å². The van der Waals surface area contributed by atoms with Crippen LogP contribution in [0.1, 0.15) is 33.6 Å². The van der Waals surface area contributed by atoms with E-state index >= 15 is 0 Å². The van der Waals surface area contributed by atoms with Gasteiger partial charge in [0.05, 0.1) is 0 Å². The lowest BCUT2D eigenvalue weighted by Crippen LogP contribution is -2.49. The number of carbonyl (C=O) groups is 1. The molecule has 0 spiro atoms. The number of nitrogens with one attached hydrogen (secondary N) is 1. The molecule has 0 radical (unpaired) electrons. The van der Waals surface area contributed by atoms with Crippen molar-refractivity contribution in [3.05, 3.63) is 35.7 Å². The van der Waals surface area contributed by atoms with E-state index in [9.17, 15) is 4.79 Å². The highest BCUT2D eigenvalue weighted by Crippen LogP contribution is 2.34. The molecule has 1 fully saturated rings. The van der Waals surface area contributed by atoms with Crippen molar-refractivity contribution in [1.29, 1.82) is 0 Å². The number of rotatable bonds is 4. The van der Waals surface area contributed by atoms with E-state index in [0.717, 1.165) is 42.0 Å². The van der Waals surface area contributed by atoms with Crippen LogP contribution in [0, 0.1) is 0 Å². The van der Waals surface area contributed by atoms with E-state index in [4.69, 9.17) is 16.3 Å². The molecule has 3 rings (SSSR count). The predicted molar refractivity (Wildman–Crippen MR) is 121 cm³/mol. The van der Waals surface area contributed by atoms with Crippen molar-refractivity contribution in [2.45, 2.75) is 45.3 Å². The summed E-state index contributed by atoms with van der Waals surface area (Å²) in [4.78, 5) is 25.2. The van der Waals surface area contributed by atoms with Gasteiger partial charge < -0.3 is 19.9 Å². The first-order valence-corrected chi connectivity index (χ1v) is 10.5. The molecular weight excluding hydrogens is 402 g/mol. The zero-order valence-corrected chi connectivity index (χ0v) is 19.0. The molecule has 0 aromatic carbocycles. The highest BCUT2D eigenvalue weighted by atomic mass is 35.5. The molecule has 3 heterocycles. The van der Waals surface area contributed by atoms with Crippen molar-refractivity contribution >= 4 is 29.2 Å². The number of ether oxygens (including phenoxy) is 1. The molecule has 2 aromatic rings. The number of hydrogen-bond acceptors (Lipinski definition) is 6. The molecule has 1 saturated heterocycles. The number of alkyl carbamates (subject to hydrolysis) is 1. The lowest BCUT2D eigenvalue weighted by atomic mass is 10.0. The van der Waals surface area contributed by atoms with Gasteiger partial charge in [-0.15, -0.1) is 0 Å². The number of pyridine rings is 2. The van der Waals surface area contributed by atoms with E-state index in [0.29, 0.717) is 11.7 Å². The normalized spacial score (nSPS) is 16.9. The Hall–Kier alpha value is -2.54. The maximum Gasteiger partial charge on any atom is 0.407 e. The lowest BCUT2D eigenvalue weighted by molar-refractivity contribution is 0.0500. The van der Waals surface area contributed by atoms with Gasteiger partial charge in [0, 0.05) is 62.4 Å². The molecule has 2 aromatic heterocycles. The molecule has 1 amide bonds. The number of halogens is 1. The van der Waals surface area contributed by atoms with Crippen LogP contribution in [0.2, 0.25) is 5.15 Å². The first kappa shape index (κ1) is 22.2. The summed E-state index contributed by atoms with van der Waals surface area (Å²) in [5.41, 5.74) is 2.41. The van der Waals surface area contributed by atoms with Crippen LogP contribution >= 0.6 is 11.6 Å². The monoisotopic (exact) mass is 431 g/mol. The van der Waals surface area contributed by atoms with E-state index < -0.39 is 5.60 Å². The molecule has 0 saturated carbocycles. The molecular formula is C22H30ClN5O2. The van der Waals surface area contributed by atoms with Gasteiger partial charge in [-0.1, -0.05) is 11.6 Å². The summed E-state index contributed by atoms with van der Waals surface area (Å²) in [5, 5.41) is 3.44. The minimum absolute atomic E-state index is 0.00244. The second-order valence-electron chi connectivity index (χ2n) is 8.76. The molecule has 1 N–H and O–H groups in total. The van der Waals surface area contributed by atoms with Crippen LogP contribution in [-0.4, -0.2) is 54.9 Å². The number of aromatic nitrogens is 2. The fourth-order valence-electron chi connectivity index (χ4n) is 3.50. The fourth-order valence-corrected chi connectivity index (χ4v) is 3.65. The van der Waals surface area contributed by atoms with Crippen LogP contribution in [0.3, 0.4) is 0 Å². The molecule has 0 aliphatic carbocycles.